The Kier molecular flexibility index (Phi) is 2.62. The van der Waals surface area contributed by atoms with E-state index in [2.05, 4.69) is 12.1 Å². The van der Waals surface area contributed by atoms with Crippen molar-refractivity contribution >= 4 is 11.5 Å². The van der Waals surface area contributed by atoms with Gasteiger partial charge in [-0.15, -0.1) is 0 Å². The number of esters is 1. The van der Waals surface area contributed by atoms with Crippen molar-refractivity contribution in [3.63, 3.8) is 0 Å². The van der Waals surface area contributed by atoms with Crippen LogP contribution in [-0.4, -0.2) is 12.1 Å². The van der Waals surface area contributed by atoms with Crippen molar-refractivity contribution in [2.75, 3.05) is 0 Å². The fraction of sp³-hybridized carbons (Fsp3) is 0.312. The van der Waals surface area contributed by atoms with E-state index in [1.807, 2.05) is 18.2 Å². The Morgan fingerprint density at radius 3 is 2.90 bits per heavy atom. The van der Waals surface area contributed by atoms with Crippen LogP contribution < -0.4 is 0 Å². The van der Waals surface area contributed by atoms with Crippen molar-refractivity contribution < 1.29 is 9.53 Å². The molecule has 3 rings (SSSR count). The highest BCUT2D eigenvalue weighted by Crippen LogP contribution is 2.49. The minimum Gasteiger partial charge on any atom is -0.460 e. The number of hydrogen-bond acceptors (Lipinski definition) is 4. The number of rotatable bonds is 1. The molecule has 0 saturated heterocycles. The van der Waals surface area contributed by atoms with Gasteiger partial charge in [-0.3, -0.25) is 4.79 Å². The first-order valence-electron chi connectivity index (χ1n) is 6.44. The van der Waals surface area contributed by atoms with Crippen molar-refractivity contribution in [2.45, 2.75) is 31.3 Å². The lowest BCUT2D eigenvalue weighted by molar-refractivity contribution is -0.148. The summed E-state index contributed by atoms with van der Waals surface area (Å²) in [5.41, 5.74) is 2.41. The predicted octanol–water partition coefficient (Wildman–Crippen LogP) is 2.25. The molecule has 0 radical (unpaired) electrons. The first kappa shape index (κ1) is 12.4. The third-order valence-electron chi connectivity index (χ3n) is 4.10. The van der Waals surface area contributed by atoms with Crippen LogP contribution in [0.25, 0.3) is 5.57 Å². The number of ether oxygens (including phenoxy) is 1. The van der Waals surface area contributed by atoms with E-state index >= 15 is 0 Å². The summed E-state index contributed by atoms with van der Waals surface area (Å²) in [5, 5.41) is 18.9. The van der Waals surface area contributed by atoms with Gasteiger partial charge >= 0.3 is 5.97 Å². The van der Waals surface area contributed by atoms with Crippen LogP contribution in [0.4, 0.5) is 0 Å². The van der Waals surface area contributed by atoms with E-state index in [4.69, 9.17) is 4.74 Å². The van der Waals surface area contributed by atoms with E-state index in [-0.39, 0.29) is 5.97 Å². The van der Waals surface area contributed by atoms with Crippen LogP contribution in [-0.2, 0) is 21.4 Å². The Balaban J connectivity index is 2.22. The largest absolute Gasteiger partial charge is 0.460 e. The van der Waals surface area contributed by atoms with Crippen LogP contribution in [0.5, 0.6) is 0 Å². The lowest BCUT2D eigenvalue weighted by Gasteiger charge is -2.32. The van der Waals surface area contributed by atoms with Crippen LogP contribution in [0.2, 0.25) is 0 Å². The van der Waals surface area contributed by atoms with Gasteiger partial charge in [0.1, 0.15) is 11.5 Å². The fourth-order valence-corrected chi connectivity index (χ4v) is 3.28. The van der Waals surface area contributed by atoms with Crippen molar-refractivity contribution in [3.8, 4) is 12.1 Å². The molecule has 1 aromatic carbocycles. The number of allylic oxidation sites excluding steroid dienone is 2. The van der Waals surface area contributed by atoms with Crippen molar-refractivity contribution in [3.05, 3.63) is 41.0 Å². The molecule has 0 fully saturated rings. The topological polar surface area (TPSA) is 73.9 Å². The minimum atomic E-state index is -0.849. The van der Waals surface area contributed by atoms with Crippen LogP contribution in [0, 0.1) is 22.7 Å². The van der Waals surface area contributed by atoms with Gasteiger partial charge in [0.05, 0.1) is 17.7 Å². The number of hydrogen-bond donors (Lipinski definition) is 0. The summed E-state index contributed by atoms with van der Waals surface area (Å²) in [5.74, 6) is -0.381. The van der Waals surface area contributed by atoms with Crippen LogP contribution in [0.3, 0.4) is 0 Å². The highest BCUT2D eigenvalue weighted by atomic mass is 16.5. The van der Waals surface area contributed by atoms with Crippen LogP contribution in [0.15, 0.2) is 24.3 Å². The SMILES string of the molecule is CC(=O)OC1Cc2cccc3c2[C@]1(C#N)CC=C3C#N. The summed E-state index contributed by atoms with van der Waals surface area (Å²) in [6, 6.07) is 10.2. The van der Waals surface area contributed by atoms with E-state index < -0.39 is 11.5 Å². The minimum absolute atomic E-state index is 0.381. The second-order valence-corrected chi connectivity index (χ2v) is 5.16. The van der Waals surface area contributed by atoms with Crippen molar-refractivity contribution in [1.82, 2.24) is 0 Å². The number of carbonyl (C=O) groups is 1. The number of carbonyl (C=O) groups excluding carboxylic acids is 1. The van der Waals surface area contributed by atoms with E-state index in [1.165, 1.54) is 6.92 Å². The molecule has 0 bridgehead atoms. The molecule has 0 N–H and O–H groups in total. The molecule has 4 heteroatoms. The van der Waals surface area contributed by atoms with Crippen molar-refractivity contribution in [1.29, 1.82) is 10.5 Å². The Morgan fingerprint density at radius 1 is 1.45 bits per heavy atom. The molecule has 0 aliphatic heterocycles. The second kappa shape index (κ2) is 4.21. The second-order valence-electron chi connectivity index (χ2n) is 5.16. The molecule has 2 aliphatic rings. The summed E-state index contributed by atoms with van der Waals surface area (Å²) in [4.78, 5) is 11.3. The lowest BCUT2D eigenvalue weighted by Crippen LogP contribution is -2.39. The Labute approximate surface area is 116 Å². The predicted molar refractivity (Wildman–Crippen MR) is 71.2 cm³/mol. The third-order valence-corrected chi connectivity index (χ3v) is 4.10. The van der Waals surface area contributed by atoms with Crippen LogP contribution in [0.1, 0.15) is 30.0 Å². The molecular formula is C16H12N2O2. The molecule has 4 nitrogen and oxygen atoms in total. The smallest absolute Gasteiger partial charge is 0.302 e. The maximum absolute atomic E-state index is 11.3. The van der Waals surface area contributed by atoms with Gasteiger partial charge in [-0.2, -0.15) is 10.5 Å². The van der Waals surface area contributed by atoms with Gasteiger partial charge in [-0.1, -0.05) is 24.3 Å². The standard InChI is InChI=1S/C16H12N2O2/c1-10(19)20-14-7-11-3-2-4-13-12(8-17)5-6-16(14,9-18)15(11)13/h2-5,14H,6-7H2,1H3/t14?,16-/m0/s1. The molecule has 0 heterocycles. The number of nitriles is 2. The fourth-order valence-electron chi connectivity index (χ4n) is 3.28. The molecule has 1 unspecified atom stereocenters. The zero-order valence-electron chi connectivity index (χ0n) is 11.0. The van der Waals surface area contributed by atoms with E-state index in [0.29, 0.717) is 18.4 Å². The summed E-state index contributed by atoms with van der Waals surface area (Å²) < 4.78 is 5.38. The van der Waals surface area contributed by atoms with Crippen molar-refractivity contribution in [2.24, 2.45) is 0 Å². The highest BCUT2D eigenvalue weighted by Gasteiger charge is 2.52. The molecule has 0 aromatic heterocycles. The molecule has 98 valence electrons. The average Bonchev–Trinajstić information content (AvgIpc) is 2.75. The first-order valence-corrected chi connectivity index (χ1v) is 6.44. The maximum Gasteiger partial charge on any atom is 0.302 e. The Bertz CT molecular complexity index is 721. The van der Waals surface area contributed by atoms with Gasteiger partial charge in [0, 0.05) is 13.3 Å². The zero-order chi connectivity index (χ0) is 14.3. The van der Waals surface area contributed by atoms with Gasteiger partial charge in [-0.05, 0) is 23.1 Å². The molecule has 0 amide bonds. The third kappa shape index (κ3) is 1.49. The first-order chi connectivity index (χ1) is 9.62. The quantitative estimate of drug-likeness (QED) is 0.729. The summed E-state index contributed by atoms with van der Waals surface area (Å²) in [6.07, 6.45) is 2.24. The zero-order valence-corrected chi connectivity index (χ0v) is 11.0. The van der Waals surface area contributed by atoms with Gasteiger partial charge < -0.3 is 4.74 Å². The maximum atomic E-state index is 11.3. The molecule has 0 saturated carbocycles. The average molecular weight is 264 g/mol. The molecule has 2 atom stereocenters. The number of benzene rings is 1. The van der Waals surface area contributed by atoms with Crippen LogP contribution >= 0.6 is 0 Å². The normalized spacial score (nSPS) is 25.9. The monoisotopic (exact) mass is 264 g/mol. The summed E-state index contributed by atoms with van der Waals surface area (Å²) >= 11 is 0. The van der Waals surface area contributed by atoms with Gasteiger partial charge in [-0.25, -0.2) is 0 Å². The summed E-state index contributed by atoms with van der Waals surface area (Å²) in [6.45, 7) is 1.36. The molecule has 2 aliphatic carbocycles. The molecule has 20 heavy (non-hydrogen) atoms. The van der Waals surface area contributed by atoms with Gasteiger partial charge in [0.15, 0.2) is 0 Å². The molecule has 1 aromatic rings. The molecule has 0 spiro atoms. The van der Waals surface area contributed by atoms with E-state index in [0.717, 1.165) is 16.7 Å². The Morgan fingerprint density at radius 2 is 2.25 bits per heavy atom. The molecular weight excluding hydrogens is 252 g/mol. The number of nitrogens with zero attached hydrogens (tertiary/aromatic N) is 2. The highest BCUT2D eigenvalue weighted by molar-refractivity contribution is 5.83. The lowest BCUT2D eigenvalue weighted by atomic mass is 9.71. The van der Waals surface area contributed by atoms with Gasteiger partial charge in [0.2, 0.25) is 0 Å². The van der Waals surface area contributed by atoms with E-state index in [1.54, 1.807) is 6.08 Å². The summed E-state index contributed by atoms with van der Waals surface area (Å²) in [7, 11) is 0. The Hall–Kier alpha value is -2.59. The van der Waals surface area contributed by atoms with E-state index in [9.17, 15) is 15.3 Å². The van der Waals surface area contributed by atoms with Gasteiger partial charge in [0.25, 0.3) is 0 Å².